The molecule has 0 aliphatic carbocycles. The molecule has 2 aliphatic heterocycles. The van der Waals surface area contributed by atoms with Gasteiger partial charge in [0.2, 0.25) is 10.0 Å². The van der Waals surface area contributed by atoms with E-state index in [1.807, 2.05) is 6.07 Å². The van der Waals surface area contributed by atoms with Gasteiger partial charge in [0.25, 0.3) is 5.91 Å². The topological polar surface area (TPSA) is 98.8 Å². The van der Waals surface area contributed by atoms with Crippen LogP contribution in [0.25, 0.3) is 0 Å². The Kier molecular flexibility index (Phi) is 5.77. The summed E-state index contributed by atoms with van der Waals surface area (Å²) in [6.45, 7) is 3.71. The van der Waals surface area contributed by atoms with E-state index in [2.05, 4.69) is 14.9 Å². The zero-order chi connectivity index (χ0) is 20.4. The van der Waals surface area contributed by atoms with Crippen LogP contribution >= 0.6 is 11.6 Å². The quantitative estimate of drug-likeness (QED) is 0.764. The second kappa shape index (κ2) is 8.31. The average molecular weight is 440 g/mol. The molecule has 0 unspecified atom stereocenters. The van der Waals surface area contributed by atoms with Gasteiger partial charge in [0, 0.05) is 51.7 Å². The van der Waals surface area contributed by atoms with Gasteiger partial charge in [-0.1, -0.05) is 11.6 Å². The second-order valence-corrected chi connectivity index (χ2v) is 9.25. The number of nitrogens with zero attached hydrogens (tertiary/aromatic N) is 4. The van der Waals surface area contributed by atoms with Crippen molar-refractivity contribution in [3.63, 3.8) is 0 Å². The first-order valence-corrected chi connectivity index (χ1v) is 11.2. The number of H-pyrrole nitrogens is 1. The molecule has 4 rings (SSSR count). The van der Waals surface area contributed by atoms with Crippen molar-refractivity contribution < 1.29 is 17.9 Å². The highest BCUT2D eigenvalue weighted by Gasteiger charge is 2.29. The average Bonchev–Trinajstić information content (AvgIpc) is 3.26. The van der Waals surface area contributed by atoms with E-state index in [0.29, 0.717) is 57.5 Å². The third-order valence-electron chi connectivity index (χ3n) is 5.10. The van der Waals surface area contributed by atoms with Crippen molar-refractivity contribution in [2.24, 2.45) is 0 Å². The molecule has 1 amide bonds. The molecule has 0 radical (unpaired) electrons. The Bertz CT molecular complexity index is 964. The number of halogens is 1. The van der Waals surface area contributed by atoms with Crippen molar-refractivity contribution in [2.45, 2.75) is 4.90 Å². The van der Waals surface area contributed by atoms with Crippen molar-refractivity contribution in [1.29, 1.82) is 0 Å². The van der Waals surface area contributed by atoms with E-state index < -0.39 is 10.0 Å². The number of piperazine rings is 1. The molecule has 2 aliphatic rings. The van der Waals surface area contributed by atoms with Crippen LogP contribution in [0.2, 0.25) is 5.02 Å². The van der Waals surface area contributed by atoms with Gasteiger partial charge in [0.05, 0.1) is 18.2 Å². The number of anilines is 1. The van der Waals surface area contributed by atoms with Crippen molar-refractivity contribution in [3.8, 4) is 0 Å². The highest BCUT2D eigenvalue weighted by molar-refractivity contribution is 7.89. The molecule has 11 heteroatoms. The Hall–Kier alpha value is -2.14. The van der Waals surface area contributed by atoms with Crippen LogP contribution in [0.15, 0.2) is 35.5 Å². The Morgan fingerprint density at radius 3 is 2.48 bits per heavy atom. The fourth-order valence-corrected chi connectivity index (χ4v) is 4.96. The molecule has 156 valence electrons. The molecule has 4 heterocycles. The lowest BCUT2D eigenvalue weighted by Crippen LogP contribution is -2.49. The molecule has 29 heavy (non-hydrogen) atoms. The van der Waals surface area contributed by atoms with Crippen molar-refractivity contribution in [2.75, 3.05) is 57.4 Å². The Balaban J connectivity index is 1.40. The summed E-state index contributed by atoms with van der Waals surface area (Å²) in [4.78, 5) is 23.9. The van der Waals surface area contributed by atoms with E-state index in [1.165, 1.54) is 16.6 Å². The lowest BCUT2D eigenvalue weighted by Gasteiger charge is -2.35. The molecule has 2 aromatic rings. The van der Waals surface area contributed by atoms with Crippen LogP contribution in [-0.4, -0.2) is 86.0 Å². The van der Waals surface area contributed by atoms with E-state index in [9.17, 15) is 13.2 Å². The normalized spacial score (nSPS) is 18.8. The SMILES string of the molecule is O=C(c1cc(S(=O)(=O)N2CCOCC2)c[nH]1)N1CCN(c2ccc(Cl)cn2)CC1. The van der Waals surface area contributed by atoms with Crippen LogP contribution in [0.3, 0.4) is 0 Å². The van der Waals surface area contributed by atoms with Gasteiger partial charge in [-0.2, -0.15) is 4.31 Å². The molecule has 2 aromatic heterocycles. The molecule has 0 saturated carbocycles. The first-order chi connectivity index (χ1) is 13.9. The number of ether oxygens (including phenoxy) is 1. The molecule has 1 N–H and O–H groups in total. The van der Waals surface area contributed by atoms with Crippen LogP contribution in [0.4, 0.5) is 5.82 Å². The van der Waals surface area contributed by atoms with Crippen molar-refractivity contribution in [3.05, 3.63) is 41.3 Å². The zero-order valence-electron chi connectivity index (χ0n) is 15.8. The number of pyridine rings is 1. The third kappa shape index (κ3) is 4.25. The molecule has 0 spiro atoms. The number of sulfonamides is 1. The smallest absolute Gasteiger partial charge is 0.270 e. The Labute approximate surface area is 174 Å². The molecule has 9 nitrogen and oxygen atoms in total. The maximum absolute atomic E-state index is 12.8. The highest BCUT2D eigenvalue weighted by atomic mass is 35.5. The fourth-order valence-electron chi connectivity index (χ4n) is 3.45. The Morgan fingerprint density at radius 1 is 1.10 bits per heavy atom. The minimum Gasteiger partial charge on any atom is -0.379 e. The summed E-state index contributed by atoms with van der Waals surface area (Å²) in [6.07, 6.45) is 2.98. The highest BCUT2D eigenvalue weighted by Crippen LogP contribution is 2.20. The lowest BCUT2D eigenvalue weighted by molar-refractivity contribution is 0.0729. The van der Waals surface area contributed by atoms with Gasteiger partial charge < -0.3 is 19.5 Å². The third-order valence-corrected chi connectivity index (χ3v) is 7.20. The first kappa shape index (κ1) is 20.1. The molecular formula is C18H22ClN5O4S. The van der Waals surface area contributed by atoms with Crippen LogP contribution in [-0.2, 0) is 14.8 Å². The van der Waals surface area contributed by atoms with E-state index in [-0.39, 0.29) is 16.5 Å². The van der Waals surface area contributed by atoms with Crippen molar-refractivity contribution >= 4 is 33.3 Å². The number of morpholine rings is 1. The summed E-state index contributed by atoms with van der Waals surface area (Å²) in [6, 6.07) is 5.06. The number of nitrogens with one attached hydrogen (secondary N) is 1. The number of carbonyl (C=O) groups excluding carboxylic acids is 1. The predicted octanol–water partition coefficient (Wildman–Crippen LogP) is 1.05. The summed E-state index contributed by atoms with van der Waals surface area (Å²) >= 11 is 5.88. The number of rotatable bonds is 4. The molecule has 0 atom stereocenters. The predicted molar refractivity (Wildman–Crippen MR) is 108 cm³/mol. The molecule has 2 saturated heterocycles. The first-order valence-electron chi connectivity index (χ1n) is 9.37. The van der Waals surface area contributed by atoms with E-state index in [0.717, 1.165) is 5.82 Å². The minimum absolute atomic E-state index is 0.103. The summed E-state index contributed by atoms with van der Waals surface area (Å²) in [5.74, 6) is 0.609. The summed E-state index contributed by atoms with van der Waals surface area (Å²) < 4.78 is 32.0. The number of hydrogen-bond acceptors (Lipinski definition) is 6. The summed E-state index contributed by atoms with van der Waals surface area (Å²) in [5.41, 5.74) is 0.273. The molecule has 2 fully saturated rings. The van der Waals surface area contributed by atoms with Crippen molar-refractivity contribution in [1.82, 2.24) is 19.2 Å². The van der Waals surface area contributed by atoms with Gasteiger partial charge in [-0.25, -0.2) is 13.4 Å². The Morgan fingerprint density at radius 2 is 1.83 bits per heavy atom. The van der Waals surface area contributed by atoms with Gasteiger partial charge in [-0.05, 0) is 18.2 Å². The molecule has 0 aromatic carbocycles. The molecular weight excluding hydrogens is 418 g/mol. The molecule has 0 bridgehead atoms. The number of amides is 1. The van der Waals surface area contributed by atoms with Gasteiger partial charge in [-0.15, -0.1) is 0 Å². The van der Waals surface area contributed by atoms with Crippen LogP contribution in [0, 0.1) is 0 Å². The number of aromatic amines is 1. The van der Waals surface area contributed by atoms with E-state index in [4.69, 9.17) is 16.3 Å². The van der Waals surface area contributed by atoms with Gasteiger partial charge in [-0.3, -0.25) is 4.79 Å². The van der Waals surface area contributed by atoms with Crippen LogP contribution in [0.5, 0.6) is 0 Å². The van der Waals surface area contributed by atoms with E-state index in [1.54, 1.807) is 17.2 Å². The lowest BCUT2D eigenvalue weighted by atomic mass is 10.2. The maximum Gasteiger partial charge on any atom is 0.270 e. The number of carbonyl (C=O) groups is 1. The van der Waals surface area contributed by atoms with Crippen LogP contribution in [0.1, 0.15) is 10.5 Å². The van der Waals surface area contributed by atoms with Gasteiger partial charge in [0.1, 0.15) is 16.4 Å². The zero-order valence-corrected chi connectivity index (χ0v) is 17.3. The van der Waals surface area contributed by atoms with Gasteiger partial charge >= 0.3 is 0 Å². The second-order valence-electron chi connectivity index (χ2n) is 6.88. The standard InChI is InChI=1S/C18H22ClN5O4S/c19-14-1-2-17(21-12-14)22-3-5-23(6-4-22)18(25)16-11-15(13-20-16)29(26,27)24-7-9-28-10-8-24/h1-2,11-13,20H,3-10H2. The number of aromatic nitrogens is 2. The summed E-state index contributed by atoms with van der Waals surface area (Å²) in [7, 11) is -3.63. The van der Waals surface area contributed by atoms with E-state index >= 15 is 0 Å². The number of hydrogen-bond donors (Lipinski definition) is 1. The largest absolute Gasteiger partial charge is 0.379 e. The van der Waals surface area contributed by atoms with Gasteiger partial charge in [0.15, 0.2) is 0 Å². The van der Waals surface area contributed by atoms with Crippen LogP contribution < -0.4 is 4.90 Å². The fraction of sp³-hybridized carbons (Fsp3) is 0.444. The monoisotopic (exact) mass is 439 g/mol. The minimum atomic E-state index is -3.63. The maximum atomic E-state index is 12.8. The summed E-state index contributed by atoms with van der Waals surface area (Å²) in [5, 5.41) is 0.581.